The Balaban J connectivity index is 1.94. The Morgan fingerprint density at radius 1 is 1.62 bits per heavy atom. The van der Waals surface area contributed by atoms with Gasteiger partial charge in [-0.3, -0.25) is 4.79 Å². The van der Waals surface area contributed by atoms with E-state index >= 15 is 0 Å². The second kappa shape index (κ2) is 4.63. The number of rotatable bonds is 4. The van der Waals surface area contributed by atoms with E-state index in [9.17, 15) is 4.79 Å². The highest BCUT2D eigenvalue weighted by Crippen LogP contribution is 2.17. The maximum Gasteiger partial charge on any atom is 0.274 e. The molecule has 16 heavy (non-hydrogen) atoms. The Hall–Kier alpha value is -1.40. The molecular weight excluding hydrogens is 208 g/mol. The van der Waals surface area contributed by atoms with Gasteiger partial charge in [-0.15, -0.1) is 0 Å². The minimum atomic E-state index is -0.0690. The highest BCUT2D eigenvalue weighted by atomic mass is 16.3. The summed E-state index contributed by atoms with van der Waals surface area (Å²) >= 11 is 0. The van der Waals surface area contributed by atoms with Gasteiger partial charge in [0.1, 0.15) is 5.69 Å². The summed E-state index contributed by atoms with van der Waals surface area (Å²) in [6.07, 6.45) is 3.32. The molecule has 1 aromatic rings. The Morgan fingerprint density at radius 3 is 3.00 bits per heavy atom. The Labute approximate surface area is 93.7 Å². The molecule has 1 amide bonds. The molecule has 2 heterocycles. The molecule has 88 valence electrons. The van der Waals surface area contributed by atoms with Gasteiger partial charge in [0.2, 0.25) is 0 Å². The second-order valence-corrected chi connectivity index (χ2v) is 4.04. The van der Waals surface area contributed by atoms with Gasteiger partial charge in [0.15, 0.2) is 0 Å². The van der Waals surface area contributed by atoms with E-state index in [-0.39, 0.29) is 18.4 Å². The molecule has 0 aromatic carbocycles. The molecule has 6 nitrogen and oxygen atoms in total. The fourth-order valence-corrected chi connectivity index (χ4v) is 1.76. The number of carbonyl (C=O) groups is 1. The van der Waals surface area contributed by atoms with Crippen molar-refractivity contribution in [3.63, 3.8) is 0 Å². The number of hydrogen-bond donors (Lipinski definition) is 2. The Bertz CT molecular complexity index is 371. The van der Waals surface area contributed by atoms with Crippen molar-refractivity contribution in [1.29, 1.82) is 0 Å². The van der Waals surface area contributed by atoms with Crippen molar-refractivity contribution in [2.75, 3.05) is 26.2 Å². The van der Waals surface area contributed by atoms with Crippen LogP contribution in [0.5, 0.6) is 0 Å². The van der Waals surface area contributed by atoms with Gasteiger partial charge in [-0.1, -0.05) is 0 Å². The van der Waals surface area contributed by atoms with Crippen molar-refractivity contribution in [2.45, 2.75) is 6.54 Å². The molecule has 0 aliphatic carbocycles. The first kappa shape index (κ1) is 11.1. The summed E-state index contributed by atoms with van der Waals surface area (Å²) in [5, 5.41) is 8.86. The largest absolute Gasteiger partial charge is 0.396 e. The van der Waals surface area contributed by atoms with Crippen LogP contribution in [0.2, 0.25) is 0 Å². The van der Waals surface area contributed by atoms with Gasteiger partial charge in [-0.25, -0.2) is 4.98 Å². The Morgan fingerprint density at radius 2 is 2.38 bits per heavy atom. The van der Waals surface area contributed by atoms with Crippen LogP contribution in [0.15, 0.2) is 12.5 Å². The van der Waals surface area contributed by atoms with Gasteiger partial charge in [-0.2, -0.15) is 0 Å². The first-order valence-corrected chi connectivity index (χ1v) is 5.36. The van der Waals surface area contributed by atoms with Crippen molar-refractivity contribution in [3.8, 4) is 0 Å². The number of amides is 1. The highest BCUT2D eigenvalue weighted by molar-refractivity contribution is 5.92. The molecule has 2 rings (SSSR count). The van der Waals surface area contributed by atoms with Crippen molar-refractivity contribution in [3.05, 3.63) is 18.2 Å². The third-order valence-corrected chi connectivity index (χ3v) is 2.74. The maximum absolute atomic E-state index is 11.8. The zero-order valence-electron chi connectivity index (χ0n) is 9.04. The first-order chi connectivity index (χ1) is 7.74. The zero-order valence-corrected chi connectivity index (χ0v) is 9.04. The SMILES string of the molecule is NCCn1cnc(C(=O)N2CC(CO)C2)c1. The van der Waals surface area contributed by atoms with Crippen molar-refractivity contribution < 1.29 is 9.90 Å². The van der Waals surface area contributed by atoms with E-state index in [0.29, 0.717) is 31.9 Å². The van der Waals surface area contributed by atoms with Crippen LogP contribution in [0.1, 0.15) is 10.5 Å². The van der Waals surface area contributed by atoms with E-state index in [0.717, 1.165) is 0 Å². The number of nitrogens with zero attached hydrogens (tertiary/aromatic N) is 3. The Kier molecular flexibility index (Phi) is 3.21. The number of imidazole rings is 1. The lowest BCUT2D eigenvalue weighted by atomic mass is 10.0. The summed E-state index contributed by atoms with van der Waals surface area (Å²) < 4.78 is 1.80. The quantitative estimate of drug-likeness (QED) is 0.680. The molecule has 1 saturated heterocycles. The minimum absolute atomic E-state index is 0.0690. The normalized spacial score (nSPS) is 16.2. The van der Waals surface area contributed by atoms with E-state index in [2.05, 4.69) is 4.98 Å². The summed E-state index contributed by atoms with van der Waals surface area (Å²) in [5.74, 6) is 0.163. The van der Waals surface area contributed by atoms with E-state index in [1.165, 1.54) is 0 Å². The average Bonchev–Trinajstić information content (AvgIpc) is 2.65. The third kappa shape index (κ3) is 2.07. The average molecular weight is 224 g/mol. The lowest BCUT2D eigenvalue weighted by Gasteiger charge is -2.37. The van der Waals surface area contributed by atoms with Crippen molar-refractivity contribution >= 4 is 5.91 Å². The number of likely N-dealkylation sites (tertiary alicyclic amines) is 1. The second-order valence-electron chi connectivity index (χ2n) is 4.04. The molecule has 6 heteroatoms. The number of hydrogen-bond acceptors (Lipinski definition) is 4. The molecule has 0 spiro atoms. The van der Waals surface area contributed by atoms with Crippen LogP contribution in [0.25, 0.3) is 0 Å². The summed E-state index contributed by atoms with van der Waals surface area (Å²) in [6, 6.07) is 0. The first-order valence-electron chi connectivity index (χ1n) is 5.36. The topological polar surface area (TPSA) is 84.4 Å². The lowest BCUT2D eigenvalue weighted by molar-refractivity contribution is 0.0357. The fraction of sp³-hybridized carbons (Fsp3) is 0.600. The maximum atomic E-state index is 11.8. The molecule has 0 radical (unpaired) electrons. The molecule has 1 fully saturated rings. The molecular formula is C10H16N4O2. The number of aliphatic hydroxyl groups excluding tert-OH is 1. The van der Waals surface area contributed by atoms with E-state index in [4.69, 9.17) is 10.8 Å². The monoisotopic (exact) mass is 224 g/mol. The molecule has 0 saturated carbocycles. The number of nitrogens with two attached hydrogens (primary N) is 1. The predicted octanol–water partition coefficient (Wildman–Crippen LogP) is -1.09. The van der Waals surface area contributed by atoms with Crippen LogP contribution in [0, 0.1) is 5.92 Å². The molecule has 0 atom stereocenters. The molecule has 0 unspecified atom stereocenters. The number of aromatic nitrogens is 2. The van der Waals surface area contributed by atoms with Gasteiger partial charge in [0.05, 0.1) is 6.33 Å². The molecule has 1 aliphatic rings. The number of carbonyl (C=O) groups excluding carboxylic acids is 1. The van der Waals surface area contributed by atoms with Crippen molar-refractivity contribution in [2.24, 2.45) is 11.7 Å². The van der Waals surface area contributed by atoms with Gasteiger partial charge < -0.3 is 20.3 Å². The third-order valence-electron chi connectivity index (χ3n) is 2.74. The van der Waals surface area contributed by atoms with Gasteiger partial charge >= 0.3 is 0 Å². The standard InChI is InChI=1S/C10H16N4O2/c11-1-2-13-5-9(12-7-13)10(16)14-3-8(4-14)6-15/h5,7-8,15H,1-4,6,11H2. The van der Waals surface area contributed by atoms with Crippen molar-refractivity contribution in [1.82, 2.24) is 14.5 Å². The van der Waals surface area contributed by atoms with Crippen LogP contribution in [-0.4, -0.2) is 51.7 Å². The fourth-order valence-electron chi connectivity index (χ4n) is 1.76. The lowest BCUT2D eigenvalue weighted by Crippen LogP contribution is -2.51. The van der Waals surface area contributed by atoms with Crippen LogP contribution in [-0.2, 0) is 6.54 Å². The van der Waals surface area contributed by atoms with Crippen LogP contribution < -0.4 is 5.73 Å². The zero-order chi connectivity index (χ0) is 11.5. The number of aliphatic hydroxyl groups is 1. The smallest absolute Gasteiger partial charge is 0.274 e. The van der Waals surface area contributed by atoms with E-state index < -0.39 is 0 Å². The van der Waals surface area contributed by atoms with E-state index in [1.54, 1.807) is 22.0 Å². The predicted molar refractivity (Wildman–Crippen MR) is 57.8 cm³/mol. The molecule has 1 aliphatic heterocycles. The molecule has 0 bridgehead atoms. The summed E-state index contributed by atoms with van der Waals surface area (Å²) in [6.45, 7) is 2.59. The van der Waals surface area contributed by atoms with Crippen LogP contribution in [0.4, 0.5) is 0 Å². The van der Waals surface area contributed by atoms with Gasteiger partial charge in [-0.05, 0) is 0 Å². The molecule has 1 aromatic heterocycles. The summed E-state index contributed by atoms with van der Waals surface area (Å²) in [5.41, 5.74) is 5.86. The minimum Gasteiger partial charge on any atom is -0.396 e. The summed E-state index contributed by atoms with van der Waals surface area (Å²) in [7, 11) is 0. The van der Waals surface area contributed by atoms with Gasteiger partial charge in [0.25, 0.3) is 5.91 Å². The van der Waals surface area contributed by atoms with E-state index in [1.807, 2.05) is 0 Å². The summed E-state index contributed by atoms with van der Waals surface area (Å²) in [4.78, 5) is 17.6. The highest BCUT2D eigenvalue weighted by Gasteiger charge is 2.31. The van der Waals surface area contributed by atoms with Crippen LogP contribution in [0.3, 0.4) is 0 Å². The van der Waals surface area contributed by atoms with Crippen LogP contribution >= 0.6 is 0 Å². The van der Waals surface area contributed by atoms with Gasteiger partial charge in [0, 0.05) is 44.9 Å². The molecule has 3 N–H and O–H groups in total.